The van der Waals surface area contributed by atoms with Crippen molar-refractivity contribution in [3.63, 3.8) is 0 Å². The minimum Gasteiger partial charge on any atom is -0.496 e. The SMILES string of the molecule is COc1ccccc1-c1c[nH]c2ncc(C3=CC=CC(C4(O)NCCN4)C3)cc12. The van der Waals surface area contributed by atoms with Crippen molar-refractivity contribution in [2.45, 2.75) is 12.3 Å². The molecule has 5 rings (SSSR count). The van der Waals surface area contributed by atoms with Gasteiger partial charge in [-0.1, -0.05) is 36.4 Å². The number of ether oxygens (including phenoxy) is 1. The first-order valence-corrected chi connectivity index (χ1v) is 9.88. The van der Waals surface area contributed by atoms with Gasteiger partial charge in [-0.05, 0) is 29.7 Å². The lowest BCUT2D eigenvalue weighted by atomic mass is 9.87. The summed E-state index contributed by atoms with van der Waals surface area (Å²) >= 11 is 0. The Kier molecular flexibility index (Phi) is 4.47. The lowest BCUT2D eigenvalue weighted by molar-refractivity contribution is -0.0351. The summed E-state index contributed by atoms with van der Waals surface area (Å²) < 4.78 is 5.55. The minimum absolute atomic E-state index is 0.0411. The van der Waals surface area contributed by atoms with E-state index in [4.69, 9.17) is 4.74 Å². The number of aromatic amines is 1. The summed E-state index contributed by atoms with van der Waals surface area (Å²) in [6, 6.07) is 10.2. The lowest BCUT2D eigenvalue weighted by Gasteiger charge is -2.33. The van der Waals surface area contributed by atoms with Crippen LogP contribution < -0.4 is 15.4 Å². The predicted octanol–water partition coefficient (Wildman–Crippen LogP) is 3.04. The van der Waals surface area contributed by atoms with Crippen molar-refractivity contribution in [3.05, 3.63) is 66.5 Å². The highest BCUT2D eigenvalue weighted by molar-refractivity contribution is 5.96. The fourth-order valence-corrected chi connectivity index (χ4v) is 4.28. The Labute approximate surface area is 169 Å². The third kappa shape index (κ3) is 3.15. The van der Waals surface area contributed by atoms with Gasteiger partial charge in [0.1, 0.15) is 11.4 Å². The fraction of sp³-hybridized carbons (Fsp3) is 0.261. The van der Waals surface area contributed by atoms with Crippen LogP contribution in [0.5, 0.6) is 5.75 Å². The quantitative estimate of drug-likeness (QED) is 0.552. The molecule has 29 heavy (non-hydrogen) atoms. The first kappa shape index (κ1) is 18.1. The van der Waals surface area contributed by atoms with Crippen LogP contribution in [0.15, 0.2) is 61.0 Å². The van der Waals surface area contributed by atoms with Gasteiger partial charge < -0.3 is 14.8 Å². The maximum absolute atomic E-state index is 10.8. The number of fused-ring (bicyclic) bond motifs is 1. The van der Waals surface area contributed by atoms with Crippen molar-refractivity contribution < 1.29 is 9.84 Å². The van der Waals surface area contributed by atoms with Crippen LogP contribution in [0.1, 0.15) is 12.0 Å². The van der Waals surface area contributed by atoms with E-state index in [2.05, 4.69) is 44.9 Å². The van der Waals surface area contributed by atoms with Gasteiger partial charge in [-0.25, -0.2) is 4.98 Å². The van der Waals surface area contributed by atoms with Crippen LogP contribution >= 0.6 is 0 Å². The second kappa shape index (κ2) is 7.15. The topological polar surface area (TPSA) is 82.2 Å². The van der Waals surface area contributed by atoms with Crippen LogP contribution in [0.3, 0.4) is 0 Å². The zero-order chi connectivity index (χ0) is 19.8. The lowest BCUT2D eigenvalue weighted by Crippen LogP contribution is -2.54. The number of hydrogen-bond acceptors (Lipinski definition) is 5. The minimum atomic E-state index is -1.05. The number of allylic oxidation sites excluding steroid dienone is 3. The number of benzene rings is 1. The Morgan fingerprint density at radius 2 is 2.00 bits per heavy atom. The van der Waals surface area contributed by atoms with Crippen LogP contribution in [0, 0.1) is 5.92 Å². The number of nitrogens with zero attached hydrogens (tertiary/aromatic N) is 1. The second-order valence-corrected chi connectivity index (χ2v) is 7.53. The first-order valence-electron chi connectivity index (χ1n) is 9.88. The third-order valence-corrected chi connectivity index (χ3v) is 5.83. The van der Waals surface area contributed by atoms with Crippen molar-refractivity contribution in [1.29, 1.82) is 0 Å². The summed E-state index contributed by atoms with van der Waals surface area (Å²) in [7, 11) is 1.69. The van der Waals surface area contributed by atoms with Gasteiger partial charge >= 0.3 is 0 Å². The summed E-state index contributed by atoms with van der Waals surface area (Å²) in [4.78, 5) is 7.91. The molecule has 0 radical (unpaired) electrons. The molecule has 1 atom stereocenters. The average Bonchev–Trinajstić information content (AvgIpc) is 3.40. The van der Waals surface area contributed by atoms with Crippen LogP contribution in [0.25, 0.3) is 27.7 Å². The normalized spacial score (nSPS) is 20.8. The van der Waals surface area contributed by atoms with Crippen LogP contribution in [0.4, 0.5) is 0 Å². The maximum atomic E-state index is 10.8. The fourth-order valence-electron chi connectivity index (χ4n) is 4.28. The Bertz CT molecular complexity index is 1110. The summed E-state index contributed by atoms with van der Waals surface area (Å²) in [6.07, 6.45) is 10.8. The van der Waals surface area contributed by atoms with Crippen molar-refractivity contribution in [2.75, 3.05) is 20.2 Å². The molecule has 0 spiro atoms. The Morgan fingerprint density at radius 3 is 2.83 bits per heavy atom. The standard InChI is InChI=1S/C23H24N4O2/c1-29-21-8-3-2-7-18(21)20-14-25-22-19(20)12-16(13-24-22)15-5-4-6-17(11-15)23(28)26-9-10-27-23/h2-8,12-14,17,26-28H,9-11H2,1H3,(H,24,25). The van der Waals surface area contributed by atoms with E-state index in [9.17, 15) is 5.11 Å². The Morgan fingerprint density at radius 1 is 1.17 bits per heavy atom. The molecule has 3 aromatic rings. The molecule has 6 nitrogen and oxygen atoms in total. The number of aromatic nitrogens is 2. The van der Waals surface area contributed by atoms with E-state index in [-0.39, 0.29) is 5.92 Å². The molecule has 3 heterocycles. The molecule has 1 aromatic carbocycles. The van der Waals surface area contributed by atoms with Crippen molar-refractivity contribution in [2.24, 2.45) is 5.92 Å². The number of rotatable bonds is 4. The zero-order valence-electron chi connectivity index (χ0n) is 16.3. The summed E-state index contributed by atoms with van der Waals surface area (Å²) in [5.41, 5.74) is 5.15. The van der Waals surface area contributed by atoms with Gasteiger partial charge in [0.25, 0.3) is 0 Å². The van der Waals surface area contributed by atoms with Gasteiger partial charge in [-0.3, -0.25) is 10.6 Å². The van der Waals surface area contributed by atoms with E-state index >= 15 is 0 Å². The van der Waals surface area contributed by atoms with Gasteiger partial charge in [0.15, 0.2) is 5.85 Å². The van der Waals surface area contributed by atoms with E-state index in [0.717, 1.165) is 58.6 Å². The number of aliphatic hydroxyl groups is 1. The van der Waals surface area contributed by atoms with E-state index in [1.54, 1.807) is 7.11 Å². The number of hydrogen-bond donors (Lipinski definition) is 4. The van der Waals surface area contributed by atoms with E-state index in [0.29, 0.717) is 0 Å². The summed E-state index contributed by atoms with van der Waals surface area (Å²) in [6.45, 7) is 1.53. The highest BCUT2D eigenvalue weighted by Crippen LogP contribution is 2.37. The van der Waals surface area contributed by atoms with Gasteiger partial charge in [0.05, 0.1) is 7.11 Å². The number of pyridine rings is 1. The first-order chi connectivity index (χ1) is 14.2. The molecule has 0 bridgehead atoms. The van der Waals surface area contributed by atoms with Crippen molar-refractivity contribution in [3.8, 4) is 16.9 Å². The van der Waals surface area contributed by atoms with Crippen LogP contribution in [0.2, 0.25) is 0 Å². The molecule has 1 fully saturated rings. The third-order valence-electron chi connectivity index (χ3n) is 5.83. The monoisotopic (exact) mass is 388 g/mol. The van der Waals surface area contributed by atoms with Crippen molar-refractivity contribution in [1.82, 2.24) is 20.6 Å². The molecule has 1 aliphatic carbocycles. The molecular formula is C23H24N4O2. The number of para-hydroxylation sites is 1. The van der Waals surface area contributed by atoms with Crippen LogP contribution in [-0.2, 0) is 0 Å². The summed E-state index contributed by atoms with van der Waals surface area (Å²) in [5.74, 6) is -0.260. The number of methoxy groups -OCH3 is 1. The molecule has 2 aromatic heterocycles. The molecule has 6 heteroatoms. The van der Waals surface area contributed by atoms with E-state index in [1.807, 2.05) is 36.7 Å². The Balaban J connectivity index is 1.52. The highest BCUT2D eigenvalue weighted by Gasteiger charge is 2.38. The molecule has 148 valence electrons. The Hall–Kier alpha value is -2.93. The van der Waals surface area contributed by atoms with Gasteiger partial charge in [-0.15, -0.1) is 0 Å². The van der Waals surface area contributed by atoms with E-state index in [1.165, 1.54) is 0 Å². The van der Waals surface area contributed by atoms with Crippen molar-refractivity contribution >= 4 is 16.6 Å². The molecule has 0 saturated carbocycles. The molecule has 4 N–H and O–H groups in total. The number of H-pyrrole nitrogens is 1. The van der Waals surface area contributed by atoms with E-state index < -0.39 is 5.85 Å². The van der Waals surface area contributed by atoms with Gasteiger partial charge in [-0.2, -0.15) is 0 Å². The molecule has 2 aliphatic rings. The molecule has 1 unspecified atom stereocenters. The van der Waals surface area contributed by atoms with Gasteiger partial charge in [0, 0.05) is 47.9 Å². The zero-order valence-corrected chi connectivity index (χ0v) is 16.3. The summed E-state index contributed by atoms with van der Waals surface area (Å²) in [5, 5.41) is 18.2. The molecule has 1 aliphatic heterocycles. The maximum Gasteiger partial charge on any atom is 0.178 e. The smallest absolute Gasteiger partial charge is 0.178 e. The largest absolute Gasteiger partial charge is 0.496 e. The molecule has 0 amide bonds. The second-order valence-electron chi connectivity index (χ2n) is 7.53. The van der Waals surface area contributed by atoms with Gasteiger partial charge in [0.2, 0.25) is 0 Å². The predicted molar refractivity (Wildman–Crippen MR) is 114 cm³/mol. The van der Waals surface area contributed by atoms with Crippen LogP contribution in [-0.4, -0.2) is 41.1 Å². The molecular weight excluding hydrogens is 364 g/mol. The molecule has 1 saturated heterocycles. The average molecular weight is 388 g/mol. The highest BCUT2D eigenvalue weighted by atomic mass is 16.5. The number of nitrogens with one attached hydrogen (secondary N) is 3.